The summed E-state index contributed by atoms with van der Waals surface area (Å²) in [4.78, 5) is 2.60. The smallest absolute Gasteiger partial charge is 0.0754 e. The third-order valence-electron chi connectivity index (χ3n) is 13.2. The van der Waals surface area contributed by atoms with E-state index in [1.165, 1.54) is 116 Å². The van der Waals surface area contributed by atoms with Crippen LogP contribution in [0, 0.1) is 0 Å². The number of fused-ring (bicyclic) bond motifs is 16. The van der Waals surface area contributed by atoms with Crippen molar-refractivity contribution in [2.45, 2.75) is 5.41 Å². The molecule has 10 aromatic carbocycles. The summed E-state index contributed by atoms with van der Waals surface area (Å²) in [7, 11) is 0. The molecule has 0 atom stereocenters. The second-order valence-corrected chi connectivity index (χ2v) is 15.9. The van der Waals surface area contributed by atoms with Crippen molar-refractivity contribution in [1.82, 2.24) is 0 Å². The first kappa shape index (κ1) is 31.7. The van der Waals surface area contributed by atoms with E-state index in [1.807, 2.05) is 0 Å². The zero-order valence-electron chi connectivity index (χ0n) is 31.7. The fraction of sp³-hybridized carbons (Fsp3) is 0.0175. The summed E-state index contributed by atoms with van der Waals surface area (Å²) in [6.07, 6.45) is 0. The van der Waals surface area contributed by atoms with Gasteiger partial charge in [-0.25, -0.2) is 0 Å². The maximum Gasteiger partial charge on any atom is 0.0754 e. The van der Waals surface area contributed by atoms with Gasteiger partial charge in [-0.05, 0) is 119 Å². The SMILES string of the molecule is c1ccc2c(c1)-c1ccccc1N1c3ccc(-c4cccc5ccccc45)cc3C3(c4ccccc4-c4ccccc43)c3cc(-c4cccc5ccccc45)cc-2c31. The van der Waals surface area contributed by atoms with E-state index in [1.54, 1.807) is 0 Å². The minimum absolute atomic E-state index is 0.613. The molecule has 0 fully saturated rings. The summed E-state index contributed by atoms with van der Waals surface area (Å²) < 4.78 is 0. The van der Waals surface area contributed by atoms with Crippen molar-refractivity contribution in [3.63, 3.8) is 0 Å². The number of hydrogen-bond donors (Lipinski definition) is 0. The van der Waals surface area contributed by atoms with E-state index in [4.69, 9.17) is 0 Å². The van der Waals surface area contributed by atoms with Gasteiger partial charge in [-0.2, -0.15) is 0 Å². The number of nitrogens with zero attached hydrogens (tertiary/aromatic N) is 1. The van der Waals surface area contributed by atoms with E-state index in [0.29, 0.717) is 0 Å². The Labute approximate surface area is 337 Å². The van der Waals surface area contributed by atoms with Gasteiger partial charge in [0.15, 0.2) is 0 Å². The molecule has 0 aromatic heterocycles. The van der Waals surface area contributed by atoms with Crippen molar-refractivity contribution in [2.75, 3.05) is 4.90 Å². The lowest BCUT2D eigenvalue weighted by atomic mass is 9.63. The normalized spacial score (nSPS) is 13.6. The van der Waals surface area contributed by atoms with Crippen LogP contribution in [0.4, 0.5) is 17.1 Å². The van der Waals surface area contributed by atoms with Crippen LogP contribution in [-0.4, -0.2) is 0 Å². The Morgan fingerprint density at radius 1 is 0.276 bits per heavy atom. The average molecular weight is 734 g/mol. The summed E-state index contributed by atoms with van der Waals surface area (Å²) in [6, 6.07) is 79.8. The van der Waals surface area contributed by atoms with E-state index in [9.17, 15) is 0 Å². The van der Waals surface area contributed by atoms with E-state index in [-0.39, 0.29) is 0 Å². The molecule has 1 nitrogen and oxygen atoms in total. The zero-order valence-corrected chi connectivity index (χ0v) is 31.7. The van der Waals surface area contributed by atoms with Gasteiger partial charge in [-0.15, -0.1) is 0 Å². The van der Waals surface area contributed by atoms with Crippen LogP contribution in [0.15, 0.2) is 212 Å². The molecule has 0 radical (unpaired) electrons. The topological polar surface area (TPSA) is 3.24 Å². The van der Waals surface area contributed by atoms with Crippen molar-refractivity contribution in [3.8, 4) is 55.6 Å². The minimum atomic E-state index is -0.613. The molecule has 2 heterocycles. The van der Waals surface area contributed by atoms with Crippen LogP contribution in [0.2, 0.25) is 0 Å². The van der Waals surface area contributed by atoms with Gasteiger partial charge in [0.1, 0.15) is 0 Å². The predicted octanol–water partition coefficient (Wildman–Crippen LogP) is 15.1. The molecule has 0 N–H and O–H groups in total. The quantitative estimate of drug-likeness (QED) is 0.171. The van der Waals surface area contributed by atoms with Gasteiger partial charge in [0.25, 0.3) is 0 Å². The molecule has 3 aliphatic rings. The van der Waals surface area contributed by atoms with Crippen molar-refractivity contribution < 1.29 is 0 Å². The highest BCUT2D eigenvalue weighted by atomic mass is 15.2. The second kappa shape index (κ2) is 11.8. The maximum atomic E-state index is 2.60. The van der Waals surface area contributed by atoms with Crippen molar-refractivity contribution in [1.29, 1.82) is 0 Å². The fourth-order valence-corrected chi connectivity index (χ4v) is 10.9. The molecule has 0 bridgehead atoms. The molecule has 0 amide bonds. The average Bonchev–Trinajstić information content (AvgIpc) is 3.52. The molecule has 58 heavy (non-hydrogen) atoms. The Morgan fingerprint density at radius 3 is 1.43 bits per heavy atom. The van der Waals surface area contributed by atoms with Crippen LogP contribution in [-0.2, 0) is 5.41 Å². The first-order valence-electron chi connectivity index (χ1n) is 20.3. The Bertz CT molecular complexity index is 3310. The number of para-hydroxylation sites is 1. The fourth-order valence-electron chi connectivity index (χ4n) is 10.9. The monoisotopic (exact) mass is 733 g/mol. The minimum Gasteiger partial charge on any atom is -0.309 e. The summed E-state index contributed by atoms with van der Waals surface area (Å²) >= 11 is 0. The Kier molecular flexibility index (Phi) is 6.43. The Morgan fingerprint density at radius 2 is 0.759 bits per heavy atom. The highest BCUT2D eigenvalue weighted by molar-refractivity contribution is 6.10. The van der Waals surface area contributed by atoms with E-state index in [2.05, 4.69) is 217 Å². The lowest BCUT2D eigenvalue weighted by Crippen LogP contribution is -2.36. The van der Waals surface area contributed by atoms with Gasteiger partial charge in [-0.3, -0.25) is 0 Å². The summed E-state index contributed by atoms with van der Waals surface area (Å²) in [5.41, 5.74) is 20.8. The molecule has 2 aliphatic heterocycles. The van der Waals surface area contributed by atoms with Crippen LogP contribution in [0.25, 0.3) is 77.2 Å². The van der Waals surface area contributed by atoms with Gasteiger partial charge in [0.2, 0.25) is 0 Å². The van der Waals surface area contributed by atoms with Crippen molar-refractivity contribution >= 4 is 38.6 Å². The summed E-state index contributed by atoms with van der Waals surface area (Å²) in [5, 5.41) is 5.01. The first-order valence-corrected chi connectivity index (χ1v) is 20.3. The molecule has 0 saturated heterocycles. The van der Waals surface area contributed by atoms with Crippen molar-refractivity contribution in [3.05, 3.63) is 235 Å². The van der Waals surface area contributed by atoms with E-state index >= 15 is 0 Å². The molecule has 13 rings (SSSR count). The van der Waals surface area contributed by atoms with Gasteiger partial charge in [0, 0.05) is 11.1 Å². The molecule has 10 aromatic rings. The van der Waals surface area contributed by atoms with Crippen LogP contribution < -0.4 is 4.90 Å². The molecular weight excluding hydrogens is 699 g/mol. The van der Waals surface area contributed by atoms with E-state index < -0.39 is 5.41 Å². The molecule has 0 saturated carbocycles. The molecule has 1 spiro atoms. The third-order valence-corrected chi connectivity index (χ3v) is 13.2. The van der Waals surface area contributed by atoms with Gasteiger partial charge in [0.05, 0.1) is 22.5 Å². The maximum absolute atomic E-state index is 2.60. The number of benzene rings is 10. The van der Waals surface area contributed by atoms with Crippen LogP contribution in [0.5, 0.6) is 0 Å². The lowest BCUT2D eigenvalue weighted by molar-refractivity contribution is 0.754. The Balaban J connectivity index is 1.25. The largest absolute Gasteiger partial charge is 0.309 e. The van der Waals surface area contributed by atoms with E-state index in [0.717, 1.165) is 0 Å². The third kappa shape index (κ3) is 4.10. The Hall–Kier alpha value is -7.48. The van der Waals surface area contributed by atoms with Gasteiger partial charge in [-0.1, -0.05) is 182 Å². The van der Waals surface area contributed by atoms with Crippen molar-refractivity contribution in [2.24, 2.45) is 0 Å². The zero-order chi connectivity index (χ0) is 38.0. The molecule has 268 valence electrons. The second-order valence-electron chi connectivity index (χ2n) is 15.9. The first-order chi connectivity index (χ1) is 28.8. The standard InChI is InChI=1S/C57H35N/c1-3-19-40-36(15-1)17-13-26-42(40)38-31-32-55-52(34-38)57(50-28-10-7-23-46(50)47-24-8-11-29-51(47)57)53-35-39(43-27-14-18-37-16-2-4-20-41(37)43)33-49-45-22-6-5-21-44(45)48-25-9-12-30-54(48)58(55)56(49)53/h1-35H. The number of hydrogen-bond acceptors (Lipinski definition) is 1. The number of anilines is 3. The summed E-state index contributed by atoms with van der Waals surface area (Å²) in [6.45, 7) is 0. The highest BCUT2D eigenvalue weighted by Crippen LogP contribution is 2.67. The van der Waals surface area contributed by atoms with Crippen LogP contribution in [0.3, 0.4) is 0 Å². The number of rotatable bonds is 2. The lowest BCUT2D eigenvalue weighted by Gasteiger charge is -2.46. The van der Waals surface area contributed by atoms with Crippen LogP contribution >= 0.6 is 0 Å². The molecular formula is C57H35N. The van der Waals surface area contributed by atoms with Gasteiger partial charge >= 0.3 is 0 Å². The van der Waals surface area contributed by atoms with Gasteiger partial charge < -0.3 is 4.90 Å². The molecule has 1 aliphatic carbocycles. The highest BCUT2D eigenvalue weighted by Gasteiger charge is 2.53. The van der Waals surface area contributed by atoms with Crippen LogP contribution in [0.1, 0.15) is 22.3 Å². The summed E-state index contributed by atoms with van der Waals surface area (Å²) in [5.74, 6) is 0. The molecule has 1 heteroatoms. The predicted molar refractivity (Wildman–Crippen MR) is 242 cm³/mol. The molecule has 0 unspecified atom stereocenters.